The first-order valence-corrected chi connectivity index (χ1v) is 11.9. The van der Waals surface area contributed by atoms with Crippen LogP contribution in [0.2, 0.25) is 0 Å². The van der Waals surface area contributed by atoms with Crippen molar-refractivity contribution in [2.75, 3.05) is 24.2 Å². The lowest BCUT2D eigenvalue weighted by molar-refractivity contribution is 0.0943. The molecule has 35 heavy (non-hydrogen) atoms. The molecule has 0 saturated heterocycles. The summed E-state index contributed by atoms with van der Waals surface area (Å²) >= 11 is 0. The van der Waals surface area contributed by atoms with Crippen molar-refractivity contribution in [2.24, 2.45) is 0 Å². The summed E-state index contributed by atoms with van der Waals surface area (Å²) in [4.78, 5) is 33.3. The molecule has 0 atom stereocenters. The number of benzene rings is 1. The van der Waals surface area contributed by atoms with E-state index in [-0.39, 0.29) is 17.4 Å². The molecule has 1 amide bonds. The average Bonchev–Trinajstić information content (AvgIpc) is 2.78. The third-order valence-corrected chi connectivity index (χ3v) is 5.69. The molecule has 1 aliphatic rings. The summed E-state index contributed by atoms with van der Waals surface area (Å²) < 4.78 is 0. The second kappa shape index (κ2) is 9.95. The van der Waals surface area contributed by atoms with Gasteiger partial charge in [0.1, 0.15) is 23.0 Å². The van der Waals surface area contributed by atoms with Crippen molar-refractivity contribution in [1.29, 1.82) is 0 Å². The Hall–Kier alpha value is -3.59. The Bertz CT molecular complexity index is 1220. The smallest absolute Gasteiger partial charge is 0.256 e. The number of carbonyl (C=O) groups excluding carboxylic acids is 1. The molecule has 3 heterocycles. The Morgan fingerprint density at radius 1 is 1.06 bits per heavy atom. The lowest BCUT2D eigenvalue weighted by atomic mass is 9.96. The number of rotatable bonds is 6. The van der Waals surface area contributed by atoms with Crippen LogP contribution in [0.1, 0.15) is 61.9 Å². The lowest BCUT2D eigenvalue weighted by Crippen LogP contribution is -2.31. The number of nitrogens with one attached hydrogen (secondary N) is 3. The van der Waals surface area contributed by atoms with Crippen LogP contribution in [0.5, 0.6) is 0 Å². The van der Waals surface area contributed by atoms with Gasteiger partial charge in [-0.3, -0.25) is 4.79 Å². The molecule has 9 nitrogen and oxygen atoms in total. The number of hydrogen-bond donors (Lipinski definition) is 3. The van der Waals surface area contributed by atoms with Crippen LogP contribution in [0.25, 0.3) is 0 Å². The van der Waals surface area contributed by atoms with Gasteiger partial charge in [-0.2, -0.15) is 4.98 Å². The quantitative estimate of drug-likeness (QED) is 0.488. The first-order valence-electron chi connectivity index (χ1n) is 11.9. The van der Waals surface area contributed by atoms with E-state index in [1.54, 1.807) is 12.3 Å². The van der Waals surface area contributed by atoms with Crippen LogP contribution < -0.4 is 16.0 Å². The molecular formula is C26H34N8O. The first kappa shape index (κ1) is 24.5. The summed E-state index contributed by atoms with van der Waals surface area (Å²) in [5.74, 6) is 1.77. The van der Waals surface area contributed by atoms with Gasteiger partial charge in [-0.25, -0.2) is 15.0 Å². The van der Waals surface area contributed by atoms with Crippen LogP contribution >= 0.6 is 0 Å². The number of amides is 1. The Balaban J connectivity index is 1.64. The molecule has 0 spiro atoms. The molecule has 9 heteroatoms. The van der Waals surface area contributed by atoms with Crippen molar-refractivity contribution in [3.8, 4) is 0 Å². The maximum absolute atomic E-state index is 12.9. The number of hydrogen-bond acceptors (Lipinski definition) is 8. The maximum Gasteiger partial charge on any atom is 0.256 e. The van der Waals surface area contributed by atoms with E-state index in [1.165, 1.54) is 17.3 Å². The van der Waals surface area contributed by atoms with Crippen LogP contribution in [0.4, 0.5) is 23.3 Å². The molecule has 0 radical (unpaired) electrons. The van der Waals surface area contributed by atoms with Crippen LogP contribution in [0, 0.1) is 0 Å². The maximum atomic E-state index is 12.9. The van der Waals surface area contributed by atoms with Crippen molar-refractivity contribution in [3.05, 3.63) is 59.2 Å². The monoisotopic (exact) mass is 474 g/mol. The molecule has 3 N–H and O–H groups in total. The topological polar surface area (TPSA) is 108 Å². The van der Waals surface area contributed by atoms with Gasteiger partial charge in [0, 0.05) is 42.6 Å². The summed E-state index contributed by atoms with van der Waals surface area (Å²) in [7, 11) is 2.14. The molecule has 4 rings (SSSR count). The van der Waals surface area contributed by atoms with Gasteiger partial charge in [0.2, 0.25) is 5.95 Å². The lowest BCUT2D eigenvalue weighted by Gasteiger charge is -2.25. The van der Waals surface area contributed by atoms with E-state index in [4.69, 9.17) is 0 Å². The van der Waals surface area contributed by atoms with E-state index in [9.17, 15) is 4.79 Å². The van der Waals surface area contributed by atoms with Crippen molar-refractivity contribution in [3.63, 3.8) is 0 Å². The number of aromatic nitrogens is 4. The summed E-state index contributed by atoms with van der Waals surface area (Å²) in [6.07, 6.45) is 4.25. The van der Waals surface area contributed by atoms with Crippen LogP contribution in [-0.4, -0.2) is 50.4 Å². The predicted molar refractivity (Wildman–Crippen MR) is 138 cm³/mol. The molecule has 0 aliphatic carbocycles. The third kappa shape index (κ3) is 6.10. The molecule has 0 saturated carbocycles. The van der Waals surface area contributed by atoms with Gasteiger partial charge in [0.15, 0.2) is 0 Å². The highest BCUT2D eigenvalue weighted by Crippen LogP contribution is 2.26. The SMILES string of the molecule is CC(C)NC(=O)c1cnc(Nc2ccc3c(c2)CCN(C)C3)nc1Nc1ccnc(C(C)(C)C)n1. The highest BCUT2D eigenvalue weighted by atomic mass is 16.1. The molecule has 1 aliphatic heterocycles. The fraction of sp³-hybridized carbons (Fsp3) is 0.423. The van der Waals surface area contributed by atoms with Crippen molar-refractivity contribution in [1.82, 2.24) is 30.2 Å². The molecule has 3 aromatic rings. The minimum absolute atomic E-state index is 0.0192. The van der Waals surface area contributed by atoms with E-state index in [0.717, 1.165) is 25.2 Å². The van der Waals surface area contributed by atoms with Gasteiger partial charge in [-0.15, -0.1) is 0 Å². The second-order valence-corrected chi connectivity index (χ2v) is 10.3. The number of nitrogens with zero attached hydrogens (tertiary/aromatic N) is 5. The Morgan fingerprint density at radius 2 is 1.86 bits per heavy atom. The van der Waals surface area contributed by atoms with Gasteiger partial charge in [-0.05, 0) is 56.6 Å². The summed E-state index contributed by atoms with van der Waals surface area (Å²) in [5.41, 5.74) is 3.71. The minimum atomic E-state index is -0.253. The predicted octanol–water partition coefficient (Wildman–Crippen LogP) is 4.18. The number of anilines is 4. The largest absolute Gasteiger partial charge is 0.350 e. The van der Waals surface area contributed by atoms with E-state index in [0.29, 0.717) is 29.0 Å². The Labute approximate surface area is 206 Å². The Morgan fingerprint density at radius 3 is 2.60 bits per heavy atom. The van der Waals surface area contributed by atoms with Crippen molar-refractivity contribution >= 4 is 29.2 Å². The van der Waals surface area contributed by atoms with Gasteiger partial charge in [-0.1, -0.05) is 26.8 Å². The van der Waals surface area contributed by atoms with E-state index < -0.39 is 0 Å². The first-order chi connectivity index (χ1) is 16.6. The fourth-order valence-corrected chi connectivity index (χ4v) is 3.86. The number of fused-ring (bicyclic) bond motifs is 1. The summed E-state index contributed by atoms with van der Waals surface area (Å²) in [6.45, 7) is 12.0. The van der Waals surface area contributed by atoms with E-state index in [2.05, 4.69) is 80.7 Å². The van der Waals surface area contributed by atoms with E-state index in [1.807, 2.05) is 19.9 Å². The fourth-order valence-electron chi connectivity index (χ4n) is 3.86. The molecular weight excluding hydrogens is 440 g/mol. The highest BCUT2D eigenvalue weighted by molar-refractivity contribution is 5.99. The molecule has 2 aromatic heterocycles. The molecule has 0 bridgehead atoms. The molecule has 1 aromatic carbocycles. The second-order valence-electron chi connectivity index (χ2n) is 10.3. The third-order valence-electron chi connectivity index (χ3n) is 5.69. The number of carbonyl (C=O) groups is 1. The summed E-state index contributed by atoms with van der Waals surface area (Å²) in [6, 6.07) is 8.07. The average molecular weight is 475 g/mol. The highest BCUT2D eigenvalue weighted by Gasteiger charge is 2.20. The van der Waals surface area contributed by atoms with Crippen molar-refractivity contribution in [2.45, 2.75) is 59.0 Å². The van der Waals surface area contributed by atoms with Crippen LogP contribution in [-0.2, 0) is 18.4 Å². The Kier molecular flexibility index (Phi) is 6.98. The zero-order valence-electron chi connectivity index (χ0n) is 21.3. The van der Waals surface area contributed by atoms with Crippen molar-refractivity contribution < 1.29 is 4.79 Å². The van der Waals surface area contributed by atoms with Gasteiger partial charge in [0.25, 0.3) is 5.91 Å². The normalized spacial score (nSPS) is 13.9. The summed E-state index contributed by atoms with van der Waals surface area (Å²) in [5, 5.41) is 9.42. The molecule has 0 fully saturated rings. The van der Waals surface area contributed by atoms with E-state index >= 15 is 0 Å². The van der Waals surface area contributed by atoms with Gasteiger partial charge in [0.05, 0.1) is 0 Å². The minimum Gasteiger partial charge on any atom is -0.350 e. The number of likely N-dealkylation sites (N-methyl/N-ethyl adjacent to an activating group) is 1. The van der Waals surface area contributed by atoms with Gasteiger partial charge >= 0.3 is 0 Å². The van der Waals surface area contributed by atoms with Crippen LogP contribution in [0.3, 0.4) is 0 Å². The van der Waals surface area contributed by atoms with Gasteiger partial charge < -0.3 is 20.9 Å². The molecule has 184 valence electrons. The van der Waals surface area contributed by atoms with Crippen LogP contribution in [0.15, 0.2) is 36.7 Å². The zero-order valence-corrected chi connectivity index (χ0v) is 21.3. The zero-order chi connectivity index (χ0) is 25.2. The standard InChI is InChI=1S/C26H34N8O/c1-16(2)29-23(35)20-14-28-25(30-19-8-7-18-15-34(6)12-10-17(18)13-19)33-22(20)31-21-9-11-27-24(32-21)26(3,4)5/h7-9,11,13-14,16H,10,12,15H2,1-6H3,(H,29,35)(H2,27,28,30,31,32,33). The molecule has 0 unspecified atom stereocenters.